The highest BCUT2D eigenvalue weighted by molar-refractivity contribution is 6.29. The van der Waals surface area contributed by atoms with Gasteiger partial charge in [0.25, 0.3) is 5.69 Å². The van der Waals surface area contributed by atoms with Crippen molar-refractivity contribution in [3.05, 3.63) is 87.2 Å². The van der Waals surface area contributed by atoms with E-state index < -0.39 is 4.92 Å². The van der Waals surface area contributed by atoms with Gasteiger partial charge in [0, 0.05) is 23.8 Å². The van der Waals surface area contributed by atoms with Gasteiger partial charge in [0.2, 0.25) is 0 Å². The van der Waals surface area contributed by atoms with E-state index in [0.29, 0.717) is 16.7 Å². The van der Waals surface area contributed by atoms with Crippen LogP contribution in [0.2, 0.25) is 5.15 Å². The van der Waals surface area contributed by atoms with Crippen molar-refractivity contribution in [1.82, 2.24) is 9.97 Å². The highest BCUT2D eigenvalue weighted by Crippen LogP contribution is 2.19. The SMILES string of the molecule is O=[N+]([O-])c1ccc(/C=C/c2cc(Cl)nc(-c3ccccc3)n2)cc1. The summed E-state index contributed by atoms with van der Waals surface area (Å²) in [7, 11) is 0. The van der Waals surface area contributed by atoms with E-state index in [1.807, 2.05) is 36.4 Å². The van der Waals surface area contributed by atoms with Crippen molar-refractivity contribution in [2.75, 3.05) is 0 Å². The van der Waals surface area contributed by atoms with Gasteiger partial charge in [0.15, 0.2) is 5.82 Å². The van der Waals surface area contributed by atoms with Crippen molar-refractivity contribution in [3.63, 3.8) is 0 Å². The Hall–Kier alpha value is -3.05. The van der Waals surface area contributed by atoms with E-state index in [-0.39, 0.29) is 5.69 Å². The molecule has 3 rings (SSSR count). The van der Waals surface area contributed by atoms with Crippen LogP contribution >= 0.6 is 11.6 Å². The van der Waals surface area contributed by atoms with E-state index in [4.69, 9.17) is 11.6 Å². The molecule has 1 aromatic heterocycles. The summed E-state index contributed by atoms with van der Waals surface area (Å²) in [6.45, 7) is 0. The molecule has 0 fully saturated rings. The number of hydrogen-bond donors (Lipinski definition) is 0. The van der Waals surface area contributed by atoms with Crippen molar-refractivity contribution in [3.8, 4) is 11.4 Å². The zero-order valence-corrected chi connectivity index (χ0v) is 13.2. The molecular formula is C18H12ClN3O2. The Balaban J connectivity index is 1.87. The summed E-state index contributed by atoms with van der Waals surface area (Å²) in [6, 6.07) is 17.5. The smallest absolute Gasteiger partial charge is 0.258 e. The molecule has 6 heteroatoms. The van der Waals surface area contributed by atoms with Crippen LogP contribution in [0.25, 0.3) is 23.5 Å². The van der Waals surface area contributed by atoms with Crippen LogP contribution in [-0.2, 0) is 0 Å². The van der Waals surface area contributed by atoms with Crippen LogP contribution in [0.15, 0.2) is 60.7 Å². The lowest BCUT2D eigenvalue weighted by Crippen LogP contribution is -1.92. The molecule has 0 atom stereocenters. The van der Waals surface area contributed by atoms with Gasteiger partial charge in [0.05, 0.1) is 10.6 Å². The zero-order valence-electron chi connectivity index (χ0n) is 12.5. The quantitative estimate of drug-likeness (QED) is 0.386. The Bertz CT molecular complexity index is 894. The second kappa shape index (κ2) is 7.02. The fourth-order valence-electron chi connectivity index (χ4n) is 2.13. The largest absolute Gasteiger partial charge is 0.269 e. The lowest BCUT2D eigenvalue weighted by atomic mass is 10.1. The predicted octanol–water partition coefficient (Wildman–Crippen LogP) is 4.88. The standard InChI is InChI=1S/C18H12ClN3O2/c19-17-12-15(20-18(21-17)14-4-2-1-3-5-14)9-6-13-7-10-16(11-8-13)22(23)24/h1-12H/b9-6+. The van der Waals surface area contributed by atoms with Crippen molar-refractivity contribution in [2.45, 2.75) is 0 Å². The molecule has 2 aromatic carbocycles. The highest BCUT2D eigenvalue weighted by atomic mass is 35.5. The fraction of sp³-hybridized carbons (Fsp3) is 0. The maximum absolute atomic E-state index is 10.7. The first-order valence-electron chi connectivity index (χ1n) is 7.14. The number of non-ortho nitro benzene ring substituents is 1. The summed E-state index contributed by atoms with van der Waals surface area (Å²) in [5.41, 5.74) is 2.43. The Kier molecular flexibility index (Phi) is 4.63. The minimum Gasteiger partial charge on any atom is -0.258 e. The second-order valence-electron chi connectivity index (χ2n) is 4.99. The van der Waals surface area contributed by atoms with Gasteiger partial charge >= 0.3 is 0 Å². The van der Waals surface area contributed by atoms with Gasteiger partial charge in [-0.3, -0.25) is 10.1 Å². The average molecular weight is 338 g/mol. The van der Waals surface area contributed by atoms with Gasteiger partial charge < -0.3 is 0 Å². The number of rotatable bonds is 4. The Labute approximate surface area is 143 Å². The number of halogens is 1. The zero-order chi connectivity index (χ0) is 16.9. The first-order valence-corrected chi connectivity index (χ1v) is 7.52. The molecule has 24 heavy (non-hydrogen) atoms. The average Bonchev–Trinajstić information content (AvgIpc) is 2.60. The Morgan fingerprint density at radius 3 is 2.33 bits per heavy atom. The van der Waals surface area contributed by atoms with Crippen LogP contribution in [0.1, 0.15) is 11.3 Å². The van der Waals surface area contributed by atoms with Gasteiger partial charge in [-0.2, -0.15) is 0 Å². The molecule has 3 aromatic rings. The van der Waals surface area contributed by atoms with Gasteiger partial charge in [-0.15, -0.1) is 0 Å². The monoisotopic (exact) mass is 337 g/mol. The number of nitro benzene ring substituents is 1. The molecule has 0 aliphatic rings. The van der Waals surface area contributed by atoms with E-state index in [9.17, 15) is 10.1 Å². The Morgan fingerprint density at radius 1 is 0.958 bits per heavy atom. The van der Waals surface area contributed by atoms with E-state index in [1.54, 1.807) is 24.3 Å². The molecule has 0 N–H and O–H groups in total. The van der Waals surface area contributed by atoms with Crippen LogP contribution < -0.4 is 0 Å². The van der Waals surface area contributed by atoms with E-state index >= 15 is 0 Å². The minimum atomic E-state index is -0.427. The summed E-state index contributed by atoms with van der Waals surface area (Å²) in [6.07, 6.45) is 3.61. The molecule has 0 amide bonds. The molecule has 1 heterocycles. The molecule has 0 spiro atoms. The van der Waals surface area contributed by atoms with Crippen LogP contribution in [0.4, 0.5) is 5.69 Å². The molecule has 0 bridgehead atoms. The summed E-state index contributed by atoms with van der Waals surface area (Å²) >= 11 is 6.08. The summed E-state index contributed by atoms with van der Waals surface area (Å²) in [4.78, 5) is 18.9. The maximum Gasteiger partial charge on any atom is 0.269 e. The van der Waals surface area contributed by atoms with Crippen LogP contribution in [-0.4, -0.2) is 14.9 Å². The van der Waals surface area contributed by atoms with E-state index in [0.717, 1.165) is 11.1 Å². The van der Waals surface area contributed by atoms with Crippen LogP contribution in [0.3, 0.4) is 0 Å². The number of benzene rings is 2. The molecule has 0 aliphatic carbocycles. The molecule has 0 radical (unpaired) electrons. The summed E-state index contributed by atoms with van der Waals surface area (Å²) in [5.74, 6) is 0.548. The van der Waals surface area contributed by atoms with Gasteiger partial charge in [-0.25, -0.2) is 9.97 Å². The van der Waals surface area contributed by atoms with E-state index in [1.165, 1.54) is 12.1 Å². The summed E-state index contributed by atoms with van der Waals surface area (Å²) < 4.78 is 0. The summed E-state index contributed by atoms with van der Waals surface area (Å²) in [5, 5.41) is 11.0. The Morgan fingerprint density at radius 2 is 1.67 bits per heavy atom. The molecule has 118 valence electrons. The molecule has 0 saturated heterocycles. The van der Waals surface area contributed by atoms with Crippen molar-refractivity contribution < 1.29 is 4.92 Å². The van der Waals surface area contributed by atoms with Crippen LogP contribution in [0.5, 0.6) is 0 Å². The molecule has 0 aliphatic heterocycles. The normalized spacial score (nSPS) is 10.9. The third kappa shape index (κ3) is 3.83. The minimum absolute atomic E-state index is 0.0589. The topological polar surface area (TPSA) is 68.9 Å². The molecule has 0 saturated carbocycles. The third-order valence-corrected chi connectivity index (χ3v) is 3.49. The second-order valence-corrected chi connectivity index (χ2v) is 5.37. The number of nitro groups is 1. The van der Waals surface area contributed by atoms with Crippen molar-refractivity contribution in [2.24, 2.45) is 0 Å². The predicted molar refractivity (Wildman–Crippen MR) is 94.5 cm³/mol. The lowest BCUT2D eigenvalue weighted by Gasteiger charge is -2.02. The number of aromatic nitrogens is 2. The van der Waals surface area contributed by atoms with Crippen molar-refractivity contribution in [1.29, 1.82) is 0 Å². The van der Waals surface area contributed by atoms with Crippen molar-refractivity contribution >= 4 is 29.4 Å². The molecular weight excluding hydrogens is 326 g/mol. The fourth-order valence-corrected chi connectivity index (χ4v) is 2.32. The number of hydrogen-bond acceptors (Lipinski definition) is 4. The van der Waals surface area contributed by atoms with E-state index in [2.05, 4.69) is 9.97 Å². The van der Waals surface area contributed by atoms with Gasteiger partial charge in [-0.1, -0.05) is 48.0 Å². The lowest BCUT2D eigenvalue weighted by molar-refractivity contribution is -0.384. The molecule has 0 unspecified atom stereocenters. The van der Waals surface area contributed by atoms with Gasteiger partial charge in [-0.05, 0) is 23.8 Å². The first kappa shape index (κ1) is 15.8. The molecule has 5 nitrogen and oxygen atoms in total. The highest BCUT2D eigenvalue weighted by Gasteiger charge is 2.05. The van der Waals surface area contributed by atoms with Crippen LogP contribution in [0, 0.1) is 10.1 Å². The van der Waals surface area contributed by atoms with Gasteiger partial charge in [0.1, 0.15) is 5.15 Å². The first-order chi connectivity index (χ1) is 11.6. The third-order valence-electron chi connectivity index (χ3n) is 3.30. The number of nitrogens with zero attached hydrogens (tertiary/aromatic N) is 3. The maximum atomic E-state index is 10.7.